The Balaban J connectivity index is 1.47. The fourth-order valence-corrected chi connectivity index (χ4v) is 3.32. The second-order valence-electron chi connectivity index (χ2n) is 5.86. The molecule has 4 nitrogen and oxygen atoms in total. The summed E-state index contributed by atoms with van der Waals surface area (Å²) in [6, 6.07) is 11.6. The Bertz CT molecular complexity index is 654. The number of rotatable bonds is 4. The molecule has 0 aliphatic carbocycles. The van der Waals surface area contributed by atoms with E-state index in [1.807, 2.05) is 36.7 Å². The molecule has 23 heavy (non-hydrogen) atoms. The van der Waals surface area contributed by atoms with Gasteiger partial charge in [0.15, 0.2) is 0 Å². The van der Waals surface area contributed by atoms with Crippen molar-refractivity contribution in [3.05, 3.63) is 58.8 Å². The number of nitrogens with zero attached hydrogens (tertiary/aromatic N) is 2. The van der Waals surface area contributed by atoms with Gasteiger partial charge in [-0.3, -0.25) is 9.78 Å². The van der Waals surface area contributed by atoms with E-state index < -0.39 is 0 Å². The zero-order chi connectivity index (χ0) is 16.1. The highest BCUT2D eigenvalue weighted by atomic mass is 79.9. The SMILES string of the molecule is O=C(NCC1CCN(c2ccncc2)CC1)c1cccc(Br)c1. The van der Waals surface area contributed by atoms with Crippen molar-refractivity contribution in [1.82, 2.24) is 10.3 Å². The zero-order valence-corrected chi connectivity index (χ0v) is 14.5. The Hall–Kier alpha value is -1.88. The summed E-state index contributed by atoms with van der Waals surface area (Å²) in [5, 5.41) is 3.06. The van der Waals surface area contributed by atoms with Crippen LogP contribution in [0.25, 0.3) is 0 Å². The summed E-state index contributed by atoms with van der Waals surface area (Å²) in [4.78, 5) is 18.6. The summed E-state index contributed by atoms with van der Waals surface area (Å²) in [6.45, 7) is 2.80. The minimum absolute atomic E-state index is 0.00265. The van der Waals surface area contributed by atoms with Gasteiger partial charge in [0.2, 0.25) is 0 Å². The monoisotopic (exact) mass is 373 g/mol. The van der Waals surface area contributed by atoms with Crippen LogP contribution in [-0.2, 0) is 0 Å². The number of halogens is 1. The van der Waals surface area contributed by atoms with Crippen LogP contribution in [0, 0.1) is 5.92 Å². The van der Waals surface area contributed by atoms with Crippen molar-refractivity contribution in [3.8, 4) is 0 Å². The van der Waals surface area contributed by atoms with Gasteiger partial charge >= 0.3 is 0 Å². The average Bonchev–Trinajstić information content (AvgIpc) is 2.61. The highest BCUT2D eigenvalue weighted by molar-refractivity contribution is 9.10. The molecule has 1 aliphatic heterocycles. The van der Waals surface area contributed by atoms with E-state index in [0.29, 0.717) is 11.5 Å². The van der Waals surface area contributed by atoms with Crippen molar-refractivity contribution in [3.63, 3.8) is 0 Å². The highest BCUT2D eigenvalue weighted by Crippen LogP contribution is 2.22. The van der Waals surface area contributed by atoms with Gasteiger partial charge in [-0.25, -0.2) is 0 Å². The molecule has 120 valence electrons. The minimum Gasteiger partial charge on any atom is -0.371 e. The van der Waals surface area contributed by atoms with Gasteiger partial charge in [0.05, 0.1) is 0 Å². The first-order valence-corrected chi connectivity index (χ1v) is 8.70. The van der Waals surface area contributed by atoms with Gasteiger partial charge in [-0.15, -0.1) is 0 Å². The lowest BCUT2D eigenvalue weighted by atomic mass is 9.96. The number of benzene rings is 1. The molecule has 2 aromatic rings. The average molecular weight is 374 g/mol. The molecule has 1 aliphatic rings. The van der Waals surface area contributed by atoms with Crippen LogP contribution in [0.4, 0.5) is 5.69 Å². The van der Waals surface area contributed by atoms with Crippen LogP contribution >= 0.6 is 15.9 Å². The quantitative estimate of drug-likeness (QED) is 0.891. The minimum atomic E-state index is 0.00265. The van der Waals surface area contributed by atoms with E-state index in [9.17, 15) is 4.79 Å². The summed E-state index contributed by atoms with van der Waals surface area (Å²) in [6.07, 6.45) is 5.86. The molecule has 1 fully saturated rings. The normalized spacial score (nSPS) is 15.4. The van der Waals surface area contributed by atoms with Gasteiger partial charge in [-0.2, -0.15) is 0 Å². The molecule has 3 rings (SSSR count). The summed E-state index contributed by atoms with van der Waals surface area (Å²) in [5.74, 6) is 0.548. The van der Waals surface area contributed by atoms with E-state index in [1.54, 1.807) is 0 Å². The van der Waals surface area contributed by atoms with Crippen LogP contribution in [0.3, 0.4) is 0 Å². The lowest BCUT2D eigenvalue weighted by molar-refractivity contribution is 0.0945. The summed E-state index contributed by atoms with van der Waals surface area (Å²) >= 11 is 3.40. The Labute approximate surface area is 145 Å². The van der Waals surface area contributed by atoms with E-state index in [1.165, 1.54) is 5.69 Å². The maximum absolute atomic E-state index is 12.2. The highest BCUT2D eigenvalue weighted by Gasteiger charge is 2.20. The number of carbonyl (C=O) groups is 1. The first kappa shape index (κ1) is 16.0. The molecule has 2 heterocycles. The fourth-order valence-electron chi connectivity index (χ4n) is 2.92. The van der Waals surface area contributed by atoms with Gasteiger partial charge < -0.3 is 10.2 Å². The fraction of sp³-hybridized carbons (Fsp3) is 0.333. The first-order chi connectivity index (χ1) is 11.2. The van der Waals surface area contributed by atoms with Crippen molar-refractivity contribution in [1.29, 1.82) is 0 Å². The number of amides is 1. The van der Waals surface area contributed by atoms with Crippen molar-refractivity contribution in [2.45, 2.75) is 12.8 Å². The second kappa shape index (κ2) is 7.59. The molecule has 1 aromatic heterocycles. The maximum atomic E-state index is 12.2. The predicted molar refractivity (Wildman–Crippen MR) is 95.6 cm³/mol. The maximum Gasteiger partial charge on any atom is 0.251 e. The Morgan fingerprint density at radius 1 is 1.22 bits per heavy atom. The number of nitrogens with one attached hydrogen (secondary N) is 1. The van der Waals surface area contributed by atoms with Crippen molar-refractivity contribution in [2.24, 2.45) is 5.92 Å². The number of piperidine rings is 1. The van der Waals surface area contributed by atoms with Crippen LogP contribution in [0.1, 0.15) is 23.2 Å². The van der Waals surface area contributed by atoms with E-state index in [4.69, 9.17) is 0 Å². The number of pyridine rings is 1. The Morgan fingerprint density at radius 3 is 2.65 bits per heavy atom. The number of carbonyl (C=O) groups excluding carboxylic acids is 1. The van der Waals surface area contributed by atoms with Gasteiger partial charge in [-0.05, 0) is 49.1 Å². The van der Waals surface area contributed by atoms with Crippen LogP contribution < -0.4 is 10.2 Å². The largest absolute Gasteiger partial charge is 0.371 e. The molecule has 5 heteroatoms. The molecule has 0 atom stereocenters. The van der Waals surface area contributed by atoms with E-state index in [2.05, 4.69) is 43.3 Å². The van der Waals surface area contributed by atoms with Gasteiger partial charge in [-0.1, -0.05) is 22.0 Å². The number of hydrogen-bond acceptors (Lipinski definition) is 3. The molecule has 0 spiro atoms. The molecule has 0 unspecified atom stereocenters. The third kappa shape index (κ3) is 4.32. The molecule has 0 saturated carbocycles. The standard InChI is InChI=1S/C18H20BrN3O/c19-16-3-1-2-15(12-16)18(23)21-13-14-6-10-22(11-7-14)17-4-8-20-9-5-17/h1-5,8-9,12,14H,6-7,10-11,13H2,(H,21,23). The van der Waals surface area contributed by atoms with Crippen LogP contribution in [0.2, 0.25) is 0 Å². The number of aromatic nitrogens is 1. The molecule has 1 amide bonds. The lowest BCUT2D eigenvalue weighted by Gasteiger charge is -2.33. The smallest absolute Gasteiger partial charge is 0.251 e. The molecule has 1 N–H and O–H groups in total. The topological polar surface area (TPSA) is 45.2 Å². The van der Waals surface area contributed by atoms with Crippen molar-refractivity contribution >= 4 is 27.5 Å². The van der Waals surface area contributed by atoms with E-state index in [-0.39, 0.29) is 5.91 Å². The van der Waals surface area contributed by atoms with Crippen LogP contribution in [-0.4, -0.2) is 30.5 Å². The number of anilines is 1. The van der Waals surface area contributed by atoms with Crippen LogP contribution in [0.15, 0.2) is 53.3 Å². The molecule has 0 bridgehead atoms. The van der Waals surface area contributed by atoms with Crippen LogP contribution in [0.5, 0.6) is 0 Å². The zero-order valence-electron chi connectivity index (χ0n) is 12.9. The third-order valence-corrected chi connectivity index (χ3v) is 4.77. The molecule has 1 aromatic carbocycles. The first-order valence-electron chi connectivity index (χ1n) is 7.91. The van der Waals surface area contributed by atoms with E-state index in [0.717, 1.165) is 36.9 Å². The third-order valence-electron chi connectivity index (χ3n) is 4.28. The summed E-state index contributed by atoms with van der Waals surface area (Å²) in [7, 11) is 0. The number of hydrogen-bond donors (Lipinski definition) is 1. The molecule has 1 saturated heterocycles. The van der Waals surface area contributed by atoms with Crippen molar-refractivity contribution in [2.75, 3.05) is 24.5 Å². The molecular weight excluding hydrogens is 354 g/mol. The Morgan fingerprint density at radius 2 is 1.96 bits per heavy atom. The van der Waals surface area contributed by atoms with Gasteiger partial charge in [0.1, 0.15) is 0 Å². The summed E-state index contributed by atoms with van der Waals surface area (Å²) in [5.41, 5.74) is 1.94. The Kier molecular flexibility index (Phi) is 5.28. The van der Waals surface area contributed by atoms with Crippen molar-refractivity contribution < 1.29 is 4.79 Å². The molecular formula is C18H20BrN3O. The predicted octanol–water partition coefficient (Wildman–Crippen LogP) is 3.49. The molecule has 0 radical (unpaired) electrons. The van der Waals surface area contributed by atoms with E-state index >= 15 is 0 Å². The second-order valence-corrected chi connectivity index (χ2v) is 6.77. The van der Waals surface area contributed by atoms with Gasteiger partial charge in [0, 0.05) is 47.8 Å². The lowest BCUT2D eigenvalue weighted by Crippen LogP contribution is -2.38. The summed E-state index contributed by atoms with van der Waals surface area (Å²) < 4.78 is 0.927. The van der Waals surface area contributed by atoms with Gasteiger partial charge in [0.25, 0.3) is 5.91 Å².